The maximum absolute atomic E-state index is 13.5. The summed E-state index contributed by atoms with van der Waals surface area (Å²) in [5, 5.41) is 0.591. The van der Waals surface area contributed by atoms with E-state index in [0.717, 1.165) is 16.6 Å². The molecule has 5 heteroatoms. The van der Waals surface area contributed by atoms with Crippen LogP contribution >= 0.6 is 11.6 Å². The summed E-state index contributed by atoms with van der Waals surface area (Å²) >= 11 is 6.07. The number of aromatic nitrogens is 2. The van der Waals surface area contributed by atoms with Gasteiger partial charge in [0.15, 0.2) is 0 Å². The topological polar surface area (TPSA) is 43.8 Å². The first-order chi connectivity index (χ1) is 9.97. The molecule has 0 aliphatic heterocycles. The van der Waals surface area contributed by atoms with E-state index < -0.39 is 0 Å². The first kappa shape index (κ1) is 13.9. The summed E-state index contributed by atoms with van der Waals surface area (Å²) in [6, 6.07) is 9.97. The fourth-order valence-corrected chi connectivity index (χ4v) is 2.67. The van der Waals surface area contributed by atoms with E-state index in [9.17, 15) is 4.39 Å². The van der Waals surface area contributed by atoms with E-state index in [0.29, 0.717) is 16.5 Å². The summed E-state index contributed by atoms with van der Waals surface area (Å²) in [5.41, 5.74) is 8.89. The van der Waals surface area contributed by atoms with E-state index >= 15 is 0 Å². The molecule has 1 heterocycles. The zero-order chi connectivity index (χ0) is 15.1. The Kier molecular flexibility index (Phi) is 3.33. The van der Waals surface area contributed by atoms with Gasteiger partial charge in [0, 0.05) is 22.3 Å². The SMILES string of the molecule is CC(C)n1c(-c2cc(Cl)ccc2N)nc2ccc(F)cc21. The second-order valence-electron chi connectivity index (χ2n) is 5.26. The predicted molar refractivity (Wildman–Crippen MR) is 84.9 cm³/mol. The summed E-state index contributed by atoms with van der Waals surface area (Å²) in [7, 11) is 0. The van der Waals surface area contributed by atoms with Crippen molar-refractivity contribution < 1.29 is 4.39 Å². The summed E-state index contributed by atoms with van der Waals surface area (Å²) in [5.74, 6) is 0.417. The Morgan fingerprint density at radius 3 is 2.67 bits per heavy atom. The van der Waals surface area contributed by atoms with E-state index in [4.69, 9.17) is 17.3 Å². The van der Waals surface area contributed by atoms with Gasteiger partial charge in [0.2, 0.25) is 0 Å². The van der Waals surface area contributed by atoms with Gasteiger partial charge < -0.3 is 10.3 Å². The van der Waals surface area contributed by atoms with Gasteiger partial charge in [-0.3, -0.25) is 0 Å². The lowest BCUT2D eigenvalue weighted by Gasteiger charge is -2.14. The van der Waals surface area contributed by atoms with Crippen LogP contribution in [0.5, 0.6) is 0 Å². The number of nitrogens with zero attached hydrogens (tertiary/aromatic N) is 2. The Morgan fingerprint density at radius 2 is 1.95 bits per heavy atom. The minimum absolute atomic E-state index is 0.116. The average molecular weight is 304 g/mol. The number of nitrogens with two attached hydrogens (primary N) is 1. The van der Waals surface area contributed by atoms with Crippen LogP contribution in [0.3, 0.4) is 0 Å². The Hall–Kier alpha value is -2.07. The van der Waals surface area contributed by atoms with Gasteiger partial charge in [-0.25, -0.2) is 9.37 Å². The van der Waals surface area contributed by atoms with Gasteiger partial charge in [-0.05, 0) is 50.2 Å². The summed E-state index contributed by atoms with van der Waals surface area (Å²) < 4.78 is 15.5. The lowest BCUT2D eigenvalue weighted by Crippen LogP contribution is -2.04. The van der Waals surface area contributed by atoms with E-state index in [2.05, 4.69) is 4.98 Å². The van der Waals surface area contributed by atoms with Gasteiger partial charge in [-0.2, -0.15) is 0 Å². The molecule has 3 rings (SSSR count). The van der Waals surface area contributed by atoms with E-state index in [1.54, 1.807) is 24.3 Å². The third-order valence-electron chi connectivity index (χ3n) is 3.42. The number of hydrogen-bond donors (Lipinski definition) is 1. The number of hydrogen-bond acceptors (Lipinski definition) is 2. The van der Waals surface area contributed by atoms with Crippen LogP contribution in [0.4, 0.5) is 10.1 Å². The van der Waals surface area contributed by atoms with Crippen molar-refractivity contribution in [3.05, 3.63) is 47.2 Å². The van der Waals surface area contributed by atoms with Crippen molar-refractivity contribution in [3.63, 3.8) is 0 Å². The maximum atomic E-state index is 13.5. The zero-order valence-corrected chi connectivity index (χ0v) is 12.5. The van der Waals surface area contributed by atoms with Crippen LogP contribution in [-0.4, -0.2) is 9.55 Å². The van der Waals surface area contributed by atoms with Gasteiger partial charge in [0.05, 0.1) is 11.0 Å². The number of rotatable bonds is 2. The summed E-state index contributed by atoms with van der Waals surface area (Å²) in [6.07, 6.45) is 0. The molecule has 0 fully saturated rings. The van der Waals surface area contributed by atoms with Crippen LogP contribution in [0.2, 0.25) is 5.02 Å². The van der Waals surface area contributed by atoms with Crippen molar-refractivity contribution in [1.82, 2.24) is 9.55 Å². The minimum Gasteiger partial charge on any atom is -0.398 e. The van der Waals surface area contributed by atoms with Crippen molar-refractivity contribution in [3.8, 4) is 11.4 Å². The van der Waals surface area contributed by atoms with Gasteiger partial charge in [0.1, 0.15) is 11.6 Å². The fourth-order valence-electron chi connectivity index (χ4n) is 2.50. The molecule has 0 aliphatic rings. The number of benzene rings is 2. The highest BCUT2D eigenvalue weighted by atomic mass is 35.5. The van der Waals surface area contributed by atoms with Crippen molar-refractivity contribution in [1.29, 1.82) is 0 Å². The van der Waals surface area contributed by atoms with Crippen LogP contribution < -0.4 is 5.73 Å². The second-order valence-corrected chi connectivity index (χ2v) is 5.70. The molecule has 0 radical (unpaired) electrons. The molecule has 0 spiro atoms. The molecule has 108 valence electrons. The molecule has 1 aromatic heterocycles. The molecule has 0 bridgehead atoms. The molecule has 2 aromatic carbocycles. The molecular weight excluding hydrogens is 289 g/mol. The van der Waals surface area contributed by atoms with Crippen molar-refractivity contribution in [2.75, 3.05) is 5.73 Å². The lowest BCUT2D eigenvalue weighted by molar-refractivity contribution is 0.613. The van der Waals surface area contributed by atoms with Crippen molar-refractivity contribution >= 4 is 28.3 Å². The van der Waals surface area contributed by atoms with E-state index in [-0.39, 0.29) is 11.9 Å². The molecule has 2 N–H and O–H groups in total. The highest BCUT2D eigenvalue weighted by molar-refractivity contribution is 6.31. The maximum Gasteiger partial charge on any atom is 0.143 e. The van der Waals surface area contributed by atoms with Crippen molar-refractivity contribution in [2.24, 2.45) is 0 Å². The molecule has 0 saturated carbocycles. The Bertz CT molecular complexity index is 824. The van der Waals surface area contributed by atoms with Crippen LogP contribution in [-0.2, 0) is 0 Å². The average Bonchev–Trinajstić information content (AvgIpc) is 2.79. The Morgan fingerprint density at radius 1 is 1.19 bits per heavy atom. The number of halogens is 2. The molecule has 0 aliphatic carbocycles. The van der Waals surface area contributed by atoms with Crippen LogP contribution in [0.1, 0.15) is 19.9 Å². The monoisotopic (exact) mass is 303 g/mol. The first-order valence-electron chi connectivity index (χ1n) is 6.70. The van der Waals surface area contributed by atoms with E-state index in [1.165, 1.54) is 12.1 Å². The quantitative estimate of drug-likeness (QED) is 0.700. The number of imidazole rings is 1. The summed E-state index contributed by atoms with van der Waals surface area (Å²) in [6.45, 7) is 4.05. The highest BCUT2D eigenvalue weighted by Gasteiger charge is 2.17. The van der Waals surface area contributed by atoms with Crippen LogP contribution in [0, 0.1) is 5.82 Å². The molecule has 0 amide bonds. The Labute approximate surface area is 127 Å². The highest BCUT2D eigenvalue weighted by Crippen LogP contribution is 2.33. The minimum atomic E-state index is -0.282. The van der Waals surface area contributed by atoms with E-state index in [1.807, 2.05) is 18.4 Å². The largest absolute Gasteiger partial charge is 0.398 e. The molecule has 3 nitrogen and oxygen atoms in total. The smallest absolute Gasteiger partial charge is 0.143 e. The van der Waals surface area contributed by atoms with Crippen molar-refractivity contribution in [2.45, 2.75) is 19.9 Å². The number of anilines is 1. The standard InChI is InChI=1S/C16H15ClFN3/c1-9(2)21-15-8-11(18)4-6-14(15)20-16(21)12-7-10(17)3-5-13(12)19/h3-9H,19H2,1-2H3. The van der Waals surface area contributed by atoms with Gasteiger partial charge >= 0.3 is 0 Å². The first-order valence-corrected chi connectivity index (χ1v) is 7.08. The zero-order valence-electron chi connectivity index (χ0n) is 11.8. The van der Waals surface area contributed by atoms with Gasteiger partial charge in [-0.1, -0.05) is 11.6 Å². The molecule has 0 unspecified atom stereocenters. The molecular formula is C16H15ClFN3. The molecule has 0 atom stereocenters. The van der Waals surface area contributed by atoms with Gasteiger partial charge in [-0.15, -0.1) is 0 Å². The third-order valence-corrected chi connectivity index (χ3v) is 3.66. The fraction of sp³-hybridized carbons (Fsp3) is 0.188. The third kappa shape index (κ3) is 2.36. The number of fused-ring (bicyclic) bond motifs is 1. The summed E-state index contributed by atoms with van der Waals surface area (Å²) in [4.78, 5) is 4.60. The molecule has 21 heavy (non-hydrogen) atoms. The molecule has 3 aromatic rings. The Balaban J connectivity index is 2.36. The van der Waals surface area contributed by atoms with Crippen LogP contribution in [0.15, 0.2) is 36.4 Å². The second kappa shape index (κ2) is 5.04. The normalized spacial score (nSPS) is 11.5. The number of nitrogen functional groups attached to an aromatic ring is 1. The van der Waals surface area contributed by atoms with Crippen LogP contribution in [0.25, 0.3) is 22.4 Å². The predicted octanol–water partition coefficient (Wildman–Crippen LogP) is 4.66. The van der Waals surface area contributed by atoms with Gasteiger partial charge in [0.25, 0.3) is 0 Å². The lowest BCUT2D eigenvalue weighted by atomic mass is 10.1. The molecule has 0 saturated heterocycles.